The van der Waals surface area contributed by atoms with Crippen molar-refractivity contribution in [2.45, 2.75) is 18.1 Å². The first-order chi connectivity index (χ1) is 8.01. The summed E-state index contributed by atoms with van der Waals surface area (Å²) in [6.45, 7) is 0. The Kier molecular flexibility index (Phi) is 3.65. The largest absolute Gasteiger partial charge is 0.374 e. The number of nitrogens with two attached hydrogens (primary N) is 1. The van der Waals surface area contributed by atoms with Crippen LogP contribution >= 0.6 is 23.8 Å². The summed E-state index contributed by atoms with van der Waals surface area (Å²) in [4.78, 5) is 4.00. The molecule has 0 spiro atoms. The van der Waals surface area contributed by atoms with Crippen LogP contribution in [0, 0.1) is 0 Å². The van der Waals surface area contributed by atoms with Crippen molar-refractivity contribution in [3.05, 3.63) is 29.0 Å². The molecule has 2 atom stereocenters. The fourth-order valence-corrected chi connectivity index (χ4v) is 5.00. The van der Waals surface area contributed by atoms with Gasteiger partial charge in [0.1, 0.15) is 5.15 Å². The van der Waals surface area contributed by atoms with Gasteiger partial charge in [-0.25, -0.2) is 9.19 Å². The summed E-state index contributed by atoms with van der Waals surface area (Å²) in [6, 6.07) is 3.52. The van der Waals surface area contributed by atoms with Gasteiger partial charge in [-0.15, -0.1) is 0 Å². The van der Waals surface area contributed by atoms with E-state index in [9.17, 15) is 4.21 Å². The van der Waals surface area contributed by atoms with E-state index >= 15 is 0 Å². The van der Waals surface area contributed by atoms with E-state index in [4.69, 9.17) is 29.6 Å². The minimum atomic E-state index is -2.38. The molecule has 2 unspecified atom stereocenters. The zero-order valence-corrected chi connectivity index (χ0v) is 11.4. The fourth-order valence-electron chi connectivity index (χ4n) is 2.02. The maximum absolute atomic E-state index is 12.6. The Bertz CT molecular complexity index is 549. The van der Waals surface area contributed by atoms with Crippen LogP contribution in [0.2, 0.25) is 5.15 Å². The zero-order chi connectivity index (χ0) is 12.5. The molecule has 17 heavy (non-hydrogen) atoms. The van der Waals surface area contributed by atoms with Gasteiger partial charge in [-0.05, 0) is 36.7 Å². The molecule has 0 radical (unpaired) electrons. The normalized spacial score (nSPS) is 27.9. The number of rotatable bonds is 1. The average Bonchev–Trinajstić information content (AvgIpc) is 2.60. The van der Waals surface area contributed by atoms with Crippen LogP contribution in [0.15, 0.2) is 22.7 Å². The second-order valence-corrected chi connectivity index (χ2v) is 7.21. The van der Waals surface area contributed by atoms with Crippen molar-refractivity contribution in [2.24, 2.45) is 10.1 Å². The molecule has 1 fully saturated rings. The third kappa shape index (κ3) is 2.75. The molecule has 2 heterocycles. The van der Waals surface area contributed by atoms with Gasteiger partial charge in [0.15, 0.2) is 5.11 Å². The first-order valence-corrected chi connectivity index (χ1v) is 7.69. The van der Waals surface area contributed by atoms with Crippen LogP contribution in [0.5, 0.6) is 0 Å². The molecule has 0 aromatic carbocycles. The van der Waals surface area contributed by atoms with Crippen LogP contribution in [0.3, 0.4) is 0 Å². The van der Waals surface area contributed by atoms with Crippen molar-refractivity contribution in [1.82, 2.24) is 4.98 Å². The standard InChI is InChI=1S/C10H12ClN3OS2/c11-9-4-3-7(6-13-9)8-2-1-5-17(8,15)14-10(12)16/h3-4,6,8H,1-2,5H2,(H2,12,16). The Hall–Kier alpha value is -0.720. The lowest BCUT2D eigenvalue weighted by molar-refractivity contribution is 0.673. The summed E-state index contributed by atoms with van der Waals surface area (Å²) in [5.74, 6) is 0.539. The number of thiocarbonyl (C=S) groups is 1. The molecule has 1 aromatic rings. The van der Waals surface area contributed by atoms with Crippen molar-refractivity contribution in [3.8, 4) is 0 Å². The van der Waals surface area contributed by atoms with E-state index in [-0.39, 0.29) is 10.4 Å². The van der Waals surface area contributed by atoms with Gasteiger partial charge in [-0.3, -0.25) is 0 Å². The lowest BCUT2D eigenvalue weighted by Gasteiger charge is -2.13. The molecule has 4 nitrogen and oxygen atoms in total. The number of nitrogens with zero attached hydrogens (tertiary/aromatic N) is 2. The van der Waals surface area contributed by atoms with Crippen molar-refractivity contribution in [1.29, 1.82) is 0 Å². The molecular formula is C10H12ClN3OS2. The molecule has 0 amide bonds. The molecule has 1 aliphatic heterocycles. The zero-order valence-electron chi connectivity index (χ0n) is 9.01. The molecule has 2 N–H and O–H groups in total. The van der Waals surface area contributed by atoms with E-state index in [1.165, 1.54) is 0 Å². The average molecular weight is 290 g/mol. The third-order valence-corrected chi connectivity index (χ3v) is 5.92. The van der Waals surface area contributed by atoms with Crippen molar-refractivity contribution >= 4 is 38.7 Å². The highest BCUT2D eigenvalue weighted by atomic mass is 35.5. The Morgan fingerprint density at radius 1 is 1.65 bits per heavy atom. The van der Waals surface area contributed by atoms with Gasteiger partial charge in [0.2, 0.25) is 0 Å². The maximum atomic E-state index is 12.6. The van der Waals surface area contributed by atoms with Crippen molar-refractivity contribution in [3.63, 3.8) is 0 Å². The van der Waals surface area contributed by atoms with Gasteiger partial charge in [0.05, 0.1) is 15.0 Å². The molecule has 2 rings (SSSR count). The summed E-state index contributed by atoms with van der Waals surface area (Å²) >= 11 is 10.5. The van der Waals surface area contributed by atoms with Gasteiger partial charge < -0.3 is 5.73 Å². The second kappa shape index (κ2) is 4.88. The number of hydrogen-bond acceptors (Lipinski definition) is 3. The highest BCUT2D eigenvalue weighted by Gasteiger charge is 2.31. The van der Waals surface area contributed by atoms with Crippen molar-refractivity contribution in [2.75, 3.05) is 5.75 Å². The molecule has 1 aliphatic rings. The first-order valence-electron chi connectivity index (χ1n) is 5.16. The van der Waals surface area contributed by atoms with Gasteiger partial charge in [-0.2, -0.15) is 4.36 Å². The SMILES string of the molecule is NC(=S)N=S1(=O)CCCC1c1ccc(Cl)nc1. The quantitative estimate of drug-likeness (QED) is 0.636. The monoisotopic (exact) mass is 289 g/mol. The Morgan fingerprint density at radius 2 is 2.41 bits per heavy atom. The van der Waals surface area contributed by atoms with Gasteiger partial charge in [0.25, 0.3) is 0 Å². The Balaban J connectivity index is 2.42. The van der Waals surface area contributed by atoms with Crippen LogP contribution in [0.25, 0.3) is 0 Å². The van der Waals surface area contributed by atoms with Crippen molar-refractivity contribution < 1.29 is 4.21 Å². The van der Waals surface area contributed by atoms with E-state index < -0.39 is 9.73 Å². The topological polar surface area (TPSA) is 68.3 Å². The van der Waals surface area contributed by atoms with Crippen LogP contribution < -0.4 is 5.73 Å². The van der Waals surface area contributed by atoms with Crippen LogP contribution in [-0.4, -0.2) is 20.1 Å². The predicted molar refractivity (Wildman–Crippen MR) is 73.4 cm³/mol. The number of pyridine rings is 1. The Labute approximate surface area is 111 Å². The molecule has 92 valence electrons. The minimum absolute atomic E-state index is 0.0381. The fraction of sp³-hybridized carbons (Fsp3) is 0.400. The van der Waals surface area contributed by atoms with Gasteiger partial charge in [0, 0.05) is 11.9 Å². The second-order valence-electron chi connectivity index (χ2n) is 3.87. The van der Waals surface area contributed by atoms with Crippen LogP contribution in [-0.2, 0) is 9.73 Å². The molecule has 0 bridgehead atoms. The summed E-state index contributed by atoms with van der Waals surface area (Å²) in [6.07, 6.45) is 3.32. The third-order valence-electron chi connectivity index (χ3n) is 2.71. The number of aromatic nitrogens is 1. The molecule has 0 saturated carbocycles. The summed E-state index contributed by atoms with van der Waals surface area (Å²) < 4.78 is 16.6. The smallest absolute Gasteiger partial charge is 0.198 e. The lowest BCUT2D eigenvalue weighted by atomic mass is 10.1. The summed E-state index contributed by atoms with van der Waals surface area (Å²) in [5.41, 5.74) is 6.26. The number of hydrogen-bond donors (Lipinski definition) is 1. The van der Waals surface area contributed by atoms with Crippen LogP contribution in [0.4, 0.5) is 0 Å². The van der Waals surface area contributed by atoms with E-state index in [2.05, 4.69) is 9.35 Å². The molecular weight excluding hydrogens is 278 g/mol. The van der Waals surface area contributed by atoms with Gasteiger partial charge >= 0.3 is 0 Å². The van der Waals surface area contributed by atoms with E-state index in [1.807, 2.05) is 6.07 Å². The summed E-state index contributed by atoms with van der Waals surface area (Å²) in [5, 5.41) is 0.238. The van der Waals surface area contributed by atoms with Crippen LogP contribution in [0.1, 0.15) is 23.7 Å². The Morgan fingerprint density at radius 3 is 3.00 bits per heavy atom. The molecule has 1 aromatic heterocycles. The molecule has 7 heteroatoms. The number of halogens is 1. The van der Waals surface area contributed by atoms with Gasteiger partial charge in [-0.1, -0.05) is 17.7 Å². The predicted octanol–water partition coefficient (Wildman–Crippen LogP) is 2.28. The molecule has 1 saturated heterocycles. The maximum Gasteiger partial charge on any atom is 0.198 e. The van der Waals surface area contributed by atoms with E-state index in [0.29, 0.717) is 10.9 Å². The summed E-state index contributed by atoms with van der Waals surface area (Å²) in [7, 11) is -2.38. The minimum Gasteiger partial charge on any atom is -0.374 e. The van der Waals surface area contributed by atoms with E-state index in [1.54, 1.807) is 12.3 Å². The molecule has 0 aliphatic carbocycles. The highest BCUT2D eigenvalue weighted by Crippen LogP contribution is 2.36. The highest BCUT2D eigenvalue weighted by molar-refractivity contribution is 7.95. The first kappa shape index (κ1) is 12.7. The van der Waals surface area contributed by atoms with E-state index in [0.717, 1.165) is 18.4 Å². The lowest BCUT2D eigenvalue weighted by Crippen LogP contribution is -2.14.